The molecule has 4 N–H and O–H groups in total. The molecule has 0 unspecified atom stereocenters. The van der Waals surface area contributed by atoms with E-state index in [1.54, 1.807) is 48.5 Å². The van der Waals surface area contributed by atoms with Gasteiger partial charge in [-0.3, -0.25) is 4.72 Å². The lowest BCUT2D eigenvalue weighted by molar-refractivity contribution is 0.607. The molecule has 144 valence electrons. The lowest BCUT2D eigenvalue weighted by Gasteiger charge is -2.13. The first kappa shape index (κ1) is 19.2. The number of rotatable bonds is 7. The lowest BCUT2D eigenvalue weighted by atomic mass is 10.2. The van der Waals surface area contributed by atoms with Crippen molar-refractivity contribution in [2.45, 2.75) is 0 Å². The average molecular weight is 400 g/mol. The molecular formula is C18H17FN6O2S. The van der Waals surface area contributed by atoms with Gasteiger partial charge in [0.25, 0.3) is 0 Å². The zero-order chi connectivity index (χ0) is 20.1. The number of hydrogen-bond acceptors (Lipinski definition) is 7. The van der Waals surface area contributed by atoms with Gasteiger partial charge in [-0.2, -0.15) is 4.98 Å². The topological polar surface area (TPSA) is 120 Å². The first-order chi connectivity index (χ1) is 13.3. The van der Waals surface area contributed by atoms with E-state index in [1.807, 2.05) is 0 Å². The third kappa shape index (κ3) is 5.01. The maximum Gasteiger partial charge on any atom is 0.229 e. The van der Waals surface area contributed by atoms with Crippen molar-refractivity contribution in [2.24, 2.45) is 0 Å². The second kappa shape index (κ2) is 8.01. The van der Waals surface area contributed by atoms with Crippen LogP contribution in [0.15, 0.2) is 54.7 Å². The molecule has 0 fully saturated rings. The van der Waals surface area contributed by atoms with Gasteiger partial charge in [0, 0.05) is 11.9 Å². The Morgan fingerprint density at radius 3 is 2.54 bits per heavy atom. The fourth-order valence-corrected chi connectivity index (χ4v) is 2.94. The number of sulfonamides is 1. The van der Waals surface area contributed by atoms with Crippen LogP contribution >= 0.6 is 0 Å². The number of hydrogen-bond donors (Lipinski definition) is 4. The molecule has 0 bridgehead atoms. The molecule has 1 heterocycles. The van der Waals surface area contributed by atoms with Gasteiger partial charge in [-0.25, -0.2) is 17.8 Å². The molecule has 28 heavy (non-hydrogen) atoms. The van der Waals surface area contributed by atoms with Crippen molar-refractivity contribution in [3.8, 4) is 0 Å². The Bertz CT molecular complexity index is 1120. The van der Waals surface area contributed by atoms with Gasteiger partial charge in [0.15, 0.2) is 11.6 Å². The molecule has 0 aliphatic carbocycles. The largest absolute Gasteiger partial charge is 0.336 e. The molecule has 10 heteroatoms. The predicted octanol–water partition coefficient (Wildman–Crippen LogP) is 3.47. The Labute approximate surface area is 161 Å². The zero-order valence-electron chi connectivity index (χ0n) is 14.8. The molecule has 0 saturated carbocycles. The van der Waals surface area contributed by atoms with Crippen molar-refractivity contribution in [1.29, 1.82) is 5.41 Å². The number of nitrogens with zero attached hydrogens (tertiary/aromatic N) is 2. The molecule has 0 radical (unpaired) electrons. The van der Waals surface area contributed by atoms with Crippen molar-refractivity contribution in [3.05, 3.63) is 66.1 Å². The Morgan fingerprint density at radius 1 is 1.07 bits per heavy atom. The van der Waals surface area contributed by atoms with E-state index >= 15 is 0 Å². The normalized spacial score (nSPS) is 10.9. The highest BCUT2D eigenvalue weighted by atomic mass is 32.2. The van der Waals surface area contributed by atoms with Crippen molar-refractivity contribution < 1.29 is 12.8 Å². The Hall–Kier alpha value is -3.53. The number of benzene rings is 2. The van der Waals surface area contributed by atoms with E-state index in [2.05, 4.69) is 25.3 Å². The SMILES string of the molecule is CS(=O)(=O)Nc1ccccc1Nc1nc(Nc2cccc(C=N)c2)ncc1F. The molecule has 0 atom stereocenters. The highest BCUT2D eigenvalue weighted by Crippen LogP contribution is 2.27. The second-order valence-corrected chi connectivity index (χ2v) is 7.58. The Morgan fingerprint density at radius 2 is 1.82 bits per heavy atom. The van der Waals surface area contributed by atoms with Crippen LogP contribution in [0.5, 0.6) is 0 Å². The third-order valence-electron chi connectivity index (χ3n) is 3.53. The Kier molecular flexibility index (Phi) is 5.50. The lowest BCUT2D eigenvalue weighted by Crippen LogP contribution is -2.11. The smallest absolute Gasteiger partial charge is 0.229 e. The summed E-state index contributed by atoms with van der Waals surface area (Å²) in [5.41, 5.74) is 1.92. The monoisotopic (exact) mass is 400 g/mol. The molecule has 0 aliphatic heterocycles. The van der Waals surface area contributed by atoms with Crippen LogP contribution in [0.2, 0.25) is 0 Å². The quantitative estimate of drug-likeness (QED) is 0.451. The summed E-state index contributed by atoms with van der Waals surface area (Å²) < 4.78 is 39.6. The molecule has 0 saturated heterocycles. The summed E-state index contributed by atoms with van der Waals surface area (Å²) in [6, 6.07) is 13.5. The van der Waals surface area contributed by atoms with Gasteiger partial charge in [0.2, 0.25) is 16.0 Å². The van der Waals surface area contributed by atoms with Crippen molar-refractivity contribution >= 4 is 45.1 Å². The third-order valence-corrected chi connectivity index (χ3v) is 4.12. The number of nitrogens with one attached hydrogen (secondary N) is 4. The van der Waals surface area contributed by atoms with Gasteiger partial charge in [0.05, 0.1) is 23.8 Å². The molecule has 0 aliphatic rings. The molecule has 3 rings (SSSR count). The van der Waals surface area contributed by atoms with E-state index in [0.29, 0.717) is 16.9 Å². The Balaban J connectivity index is 1.87. The number of aromatic nitrogens is 2. The summed E-state index contributed by atoms with van der Waals surface area (Å²) >= 11 is 0. The minimum Gasteiger partial charge on any atom is -0.336 e. The van der Waals surface area contributed by atoms with Crippen LogP contribution in [0.4, 0.5) is 33.2 Å². The maximum absolute atomic E-state index is 14.2. The molecule has 3 aromatic rings. The number of para-hydroxylation sites is 2. The van der Waals surface area contributed by atoms with Crippen LogP contribution in [0, 0.1) is 11.2 Å². The van der Waals surface area contributed by atoms with Crippen LogP contribution in [-0.2, 0) is 10.0 Å². The molecule has 2 aromatic carbocycles. The summed E-state index contributed by atoms with van der Waals surface area (Å²) in [7, 11) is -3.50. The van der Waals surface area contributed by atoms with Crippen LogP contribution in [0.3, 0.4) is 0 Å². The number of anilines is 5. The second-order valence-electron chi connectivity index (χ2n) is 5.83. The van der Waals surface area contributed by atoms with Crippen LogP contribution < -0.4 is 15.4 Å². The predicted molar refractivity (Wildman–Crippen MR) is 108 cm³/mol. The fourth-order valence-electron chi connectivity index (χ4n) is 2.36. The molecule has 0 amide bonds. The van der Waals surface area contributed by atoms with Crippen molar-refractivity contribution in [2.75, 3.05) is 21.6 Å². The van der Waals surface area contributed by atoms with E-state index in [9.17, 15) is 12.8 Å². The fraction of sp³-hybridized carbons (Fsp3) is 0.0556. The summed E-state index contributed by atoms with van der Waals surface area (Å²) in [6.07, 6.45) is 3.24. The van der Waals surface area contributed by atoms with E-state index in [4.69, 9.17) is 5.41 Å². The van der Waals surface area contributed by atoms with Gasteiger partial charge in [0.1, 0.15) is 0 Å². The van der Waals surface area contributed by atoms with E-state index in [0.717, 1.165) is 12.5 Å². The van der Waals surface area contributed by atoms with Gasteiger partial charge in [-0.05, 0) is 29.8 Å². The van der Waals surface area contributed by atoms with E-state index in [-0.39, 0.29) is 17.5 Å². The standard InChI is InChI=1S/C18H17FN6O2S/c1-28(26,27)25-16-8-3-2-7-15(16)23-17-14(19)11-21-18(24-17)22-13-6-4-5-12(9-13)10-20/h2-11,20,25H,1H3,(H2,21,22,23,24). The van der Waals surface area contributed by atoms with E-state index in [1.165, 1.54) is 6.21 Å². The number of halogens is 1. The van der Waals surface area contributed by atoms with Crippen molar-refractivity contribution in [3.63, 3.8) is 0 Å². The highest BCUT2D eigenvalue weighted by Gasteiger charge is 2.12. The summed E-state index contributed by atoms with van der Waals surface area (Å²) in [5, 5.41) is 13.0. The minimum absolute atomic E-state index is 0.122. The molecule has 1 aromatic heterocycles. The minimum atomic E-state index is -3.50. The van der Waals surface area contributed by atoms with Crippen LogP contribution in [-0.4, -0.2) is 30.9 Å². The molecular weight excluding hydrogens is 383 g/mol. The summed E-state index contributed by atoms with van der Waals surface area (Å²) in [6.45, 7) is 0. The molecule has 0 spiro atoms. The van der Waals surface area contributed by atoms with Crippen LogP contribution in [0.1, 0.15) is 5.56 Å². The average Bonchev–Trinajstić information content (AvgIpc) is 2.65. The van der Waals surface area contributed by atoms with Gasteiger partial charge < -0.3 is 16.0 Å². The zero-order valence-corrected chi connectivity index (χ0v) is 15.6. The summed E-state index contributed by atoms with van der Waals surface area (Å²) in [4.78, 5) is 8.02. The summed E-state index contributed by atoms with van der Waals surface area (Å²) in [5.74, 6) is -0.684. The highest BCUT2D eigenvalue weighted by molar-refractivity contribution is 7.92. The van der Waals surface area contributed by atoms with Gasteiger partial charge in [-0.15, -0.1) is 0 Å². The van der Waals surface area contributed by atoms with Crippen molar-refractivity contribution in [1.82, 2.24) is 9.97 Å². The molecule has 8 nitrogen and oxygen atoms in total. The maximum atomic E-state index is 14.2. The van der Waals surface area contributed by atoms with Gasteiger partial charge in [-0.1, -0.05) is 24.3 Å². The van der Waals surface area contributed by atoms with E-state index < -0.39 is 15.8 Å². The first-order valence-electron chi connectivity index (χ1n) is 8.08. The first-order valence-corrected chi connectivity index (χ1v) is 9.97. The van der Waals surface area contributed by atoms with Crippen LogP contribution in [0.25, 0.3) is 0 Å². The van der Waals surface area contributed by atoms with Gasteiger partial charge >= 0.3 is 0 Å².